The van der Waals surface area contributed by atoms with Gasteiger partial charge in [0.1, 0.15) is 5.52 Å². The second-order valence-electron chi connectivity index (χ2n) is 4.15. The van der Waals surface area contributed by atoms with E-state index >= 15 is 0 Å². The van der Waals surface area contributed by atoms with Crippen molar-refractivity contribution in [2.24, 2.45) is 0 Å². The summed E-state index contributed by atoms with van der Waals surface area (Å²) in [5, 5.41) is 11.5. The van der Waals surface area contributed by atoms with Gasteiger partial charge in [0, 0.05) is 11.8 Å². The summed E-state index contributed by atoms with van der Waals surface area (Å²) < 4.78 is 1.16. The second kappa shape index (κ2) is 4.05. The summed E-state index contributed by atoms with van der Waals surface area (Å²) in [7, 11) is 0. The molecule has 3 aromatic rings. The zero-order valence-electron chi connectivity index (χ0n) is 9.42. The topological polar surface area (TPSA) is 46.0 Å². The van der Waals surface area contributed by atoms with Crippen molar-refractivity contribution in [2.45, 2.75) is 19.4 Å². The number of benzene rings is 1. The van der Waals surface area contributed by atoms with Gasteiger partial charge in [-0.3, -0.25) is 4.98 Å². The molecule has 2 heterocycles. The van der Waals surface area contributed by atoms with E-state index in [4.69, 9.17) is 0 Å². The van der Waals surface area contributed by atoms with Crippen LogP contribution in [-0.2, 0) is 6.42 Å². The highest BCUT2D eigenvalue weighted by atomic mass is 32.1. The summed E-state index contributed by atoms with van der Waals surface area (Å²) in [6.07, 6.45) is 2.06. The van der Waals surface area contributed by atoms with Gasteiger partial charge in [-0.05, 0) is 13.0 Å². The van der Waals surface area contributed by atoms with Crippen molar-refractivity contribution < 1.29 is 5.11 Å². The number of para-hydroxylation sites is 1. The SMILES string of the molecule is CC(O)Cc1nc2cnc3ccccc3c2s1. The van der Waals surface area contributed by atoms with Crippen molar-refractivity contribution in [3.8, 4) is 0 Å². The summed E-state index contributed by atoms with van der Waals surface area (Å²) in [5.41, 5.74) is 1.91. The van der Waals surface area contributed by atoms with Crippen LogP contribution < -0.4 is 0 Å². The van der Waals surface area contributed by atoms with Crippen LogP contribution >= 0.6 is 11.3 Å². The molecule has 0 fully saturated rings. The van der Waals surface area contributed by atoms with Gasteiger partial charge in [0.2, 0.25) is 0 Å². The van der Waals surface area contributed by atoms with Gasteiger partial charge >= 0.3 is 0 Å². The third-order valence-corrected chi connectivity index (χ3v) is 3.77. The lowest BCUT2D eigenvalue weighted by Gasteiger charge is -1.97. The van der Waals surface area contributed by atoms with Gasteiger partial charge < -0.3 is 5.11 Å². The maximum absolute atomic E-state index is 9.40. The summed E-state index contributed by atoms with van der Waals surface area (Å²) in [6, 6.07) is 8.06. The molecule has 0 bridgehead atoms. The number of thiazole rings is 1. The minimum atomic E-state index is -0.352. The van der Waals surface area contributed by atoms with Crippen LogP contribution in [-0.4, -0.2) is 21.2 Å². The number of fused-ring (bicyclic) bond motifs is 3. The maximum atomic E-state index is 9.40. The smallest absolute Gasteiger partial charge is 0.100 e. The molecule has 1 aromatic carbocycles. The number of rotatable bonds is 2. The molecule has 2 aromatic heterocycles. The minimum Gasteiger partial charge on any atom is -0.393 e. The Labute approximate surface area is 103 Å². The standard InChI is InChI=1S/C13H12N2OS/c1-8(16)6-12-15-11-7-14-10-5-3-2-4-9(10)13(11)17-12/h2-5,7-8,16H,6H2,1H3. The predicted octanol–water partition coefficient (Wildman–Crippen LogP) is 2.77. The maximum Gasteiger partial charge on any atom is 0.100 e. The molecule has 86 valence electrons. The van der Waals surface area contributed by atoms with Gasteiger partial charge in [-0.25, -0.2) is 4.98 Å². The van der Waals surface area contributed by atoms with Crippen molar-refractivity contribution in [1.29, 1.82) is 0 Å². The molecule has 1 atom stereocenters. The zero-order valence-corrected chi connectivity index (χ0v) is 10.2. The Morgan fingerprint density at radius 3 is 2.94 bits per heavy atom. The minimum absolute atomic E-state index is 0.352. The van der Waals surface area contributed by atoms with E-state index in [-0.39, 0.29) is 6.10 Å². The fourth-order valence-corrected chi connectivity index (χ4v) is 3.10. The molecule has 4 heteroatoms. The molecule has 1 unspecified atom stereocenters. The largest absolute Gasteiger partial charge is 0.393 e. The van der Waals surface area contributed by atoms with Gasteiger partial charge in [-0.2, -0.15) is 0 Å². The van der Waals surface area contributed by atoms with Crippen LogP contribution in [0.5, 0.6) is 0 Å². The Morgan fingerprint density at radius 2 is 2.12 bits per heavy atom. The Balaban J connectivity index is 2.24. The summed E-state index contributed by atoms with van der Waals surface area (Å²) in [6.45, 7) is 1.78. The van der Waals surface area contributed by atoms with Crippen molar-refractivity contribution in [3.63, 3.8) is 0 Å². The van der Waals surface area contributed by atoms with Crippen molar-refractivity contribution >= 4 is 32.5 Å². The van der Waals surface area contributed by atoms with Crippen molar-refractivity contribution in [1.82, 2.24) is 9.97 Å². The van der Waals surface area contributed by atoms with Crippen LogP contribution in [0.3, 0.4) is 0 Å². The summed E-state index contributed by atoms with van der Waals surface area (Å²) in [4.78, 5) is 8.88. The zero-order chi connectivity index (χ0) is 11.8. The summed E-state index contributed by atoms with van der Waals surface area (Å²) in [5.74, 6) is 0. The van der Waals surface area contributed by atoms with Gasteiger partial charge in [0.05, 0.1) is 27.5 Å². The molecule has 0 saturated heterocycles. The number of aliphatic hydroxyl groups excluding tert-OH is 1. The quantitative estimate of drug-likeness (QED) is 0.754. The van der Waals surface area contributed by atoms with E-state index < -0.39 is 0 Å². The number of nitrogens with zero attached hydrogens (tertiary/aromatic N) is 2. The van der Waals surface area contributed by atoms with Crippen LogP contribution in [0.25, 0.3) is 21.1 Å². The number of hydrogen-bond donors (Lipinski definition) is 1. The normalized spacial score (nSPS) is 13.3. The molecule has 0 radical (unpaired) electrons. The van der Waals surface area contributed by atoms with Crippen LogP contribution in [0.4, 0.5) is 0 Å². The van der Waals surface area contributed by atoms with E-state index in [1.165, 1.54) is 0 Å². The highest BCUT2D eigenvalue weighted by Crippen LogP contribution is 2.29. The van der Waals surface area contributed by atoms with E-state index in [0.29, 0.717) is 6.42 Å². The molecular weight excluding hydrogens is 232 g/mol. The number of aromatic nitrogens is 2. The van der Waals surface area contributed by atoms with Crippen LogP contribution in [0.15, 0.2) is 30.5 Å². The molecule has 0 amide bonds. The second-order valence-corrected chi connectivity index (χ2v) is 5.23. The number of aliphatic hydroxyl groups is 1. The predicted molar refractivity (Wildman–Crippen MR) is 70.3 cm³/mol. The third-order valence-electron chi connectivity index (χ3n) is 2.64. The fraction of sp³-hybridized carbons (Fsp3) is 0.231. The van der Waals surface area contributed by atoms with E-state index in [0.717, 1.165) is 26.1 Å². The van der Waals surface area contributed by atoms with Gasteiger partial charge in [-0.1, -0.05) is 18.2 Å². The molecule has 3 nitrogen and oxygen atoms in total. The van der Waals surface area contributed by atoms with E-state index in [2.05, 4.69) is 16.0 Å². The fourth-order valence-electron chi connectivity index (χ4n) is 1.91. The molecule has 0 saturated carbocycles. The van der Waals surface area contributed by atoms with Crippen LogP contribution in [0.1, 0.15) is 11.9 Å². The average molecular weight is 244 g/mol. The van der Waals surface area contributed by atoms with Crippen molar-refractivity contribution in [2.75, 3.05) is 0 Å². The monoisotopic (exact) mass is 244 g/mol. The van der Waals surface area contributed by atoms with E-state index in [1.54, 1.807) is 24.5 Å². The average Bonchev–Trinajstić information content (AvgIpc) is 2.70. The van der Waals surface area contributed by atoms with E-state index in [9.17, 15) is 5.11 Å². The first-order chi connectivity index (χ1) is 8.24. The van der Waals surface area contributed by atoms with Gasteiger partial charge in [0.25, 0.3) is 0 Å². The molecule has 0 spiro atoms. The van der Waals surface area contributed by atoms with Gasteiger partial charge in [0.15, 0.2) is 0 Å². The van der Waals surface area contributed by atoms with Crippen LogP contribution in [0.2, 0.25) is 0 Å². The van der Waals surface area contributed by atoms with E-state index in [1.807, 2.05) is 18.2 Å². The van der Waals surface area contributed by atoms with Crippen LogP contribution in [0, 0.1) is 0 Å². The molecule has 0 aliphatic heterocycles. The molecule has 0 aliphatic carbocycles. The summed E-state index contributed by atoms with van der Waals surface area (Å²) >= 11 is 1.64. The Morgan fingerprint density at radius 1 is 1.29 bits per heavy atom. The lowest BCUT2D eigenvalue weighted by atomic mass is 10.2. The highest BCUT2D eigenvalue weighted by molar-refractivity contribution is 7.19. The Bertz CT molecular complexity index is 675. The molecule has 0 aliphatic rings. The first kappa shape index (κ1) is 10.6. The third kappa shape index (κ3) is 1.90. The first-order valence-corrected chi connectivity index (χ1v) is 6.37. The van der Waals surface area contributed by atoms with Crippen molar-refractivity contribution in [3.05, 3.63) is 35.5 Å². The number of hydrogen-bond acceptors (Lipinski definition) is 4. The Kier molecular flexibility index (Phi) is 2.53. The Hall–Kier alpha value is -1.52. The molecule has 3 rings (SSSR count). The molecule has 17 heavy (non-hydrogen) atoms. The highest BCUT2D eigenvalue weighted by Gasteiger charge is 2.09. The molecule has 1 N–H and O–H groups in total. The lowest BCUT2D eigenvalue weighted by molar-refractivity contribution is 0.195. The van der Waals surface area contributed by atoms with Gasteiger partial charge in [-0.15, -0.1) is 11.3 Å². The lowest BCUT2D eigenvalue weighted by Crippen LogP contribution is -2.03. The number of pyridine rings is 1. The first-order valence-electron chi connectivity index (χ1n) is 5.55. The molecular formula is C13H12N2OS.